The van der Waals surface area contributed by atoms with Crippen LogP contribution in [0.4, 0.5) is 0 Å². The molecule has 7 heteroatoms. The second-order valence-corrected chi connectivity index (χ2v) is 5.43. The van der Waals surface area contributed by atoms with Crippen molar-refractivity contribution in [3.05, 3.63) is 36.0 Å². The number of hydrogen-bond donors (Lipinski definition) is 0. The van der Waals surface area contributed by atoms with Gasteiger partial charge in [0, 0.05) is 11.8 Å². The predicted octanol–water partition coefficient (Wildman–Crippen LogP) is 3.01. The molecule has 0 aliphatic rings. The molecule has 0 saturated heterocycles. The van der Waals surface area contributed by atoms with Gasteiger partial charge in [0.1, 0.15) is 16.7 Å². The maximum atomic E-state index is 9.36. The first-order chi connectivity index (χ1) is 11.2. The van der Waals surface area contributed by atoms with Crippen LogP contribution in [0.2, 0.25) is 0 Å². The van der Waals surface area contributed by atoms with Gasteiger partial charge in [0.15, 0.2) is 17.1 Å². The third-order valence-corrected chi connectivity index (χ3v) is 4.14. The van der Waals surface area contributed by atoms with Gasteiger partial charge in [-0.3, -0.25) is 0 Å². The Kier molecular flexibility index (Phi) is 4.08. The van der Waals surface area contributed by atoms with Crippen LogP contribution in [0.25, 0.3) is 16.9 Å². The maximum absolute atomic E-state index is 9.36. The van der Waals surface area contributed by atoms with E-state index in [2.05, 4.69) is 16.2 Å². The van der Waals surface area contributed by atoms with Gasteiger partial charge >= 0.3 is 0 Å². The molecule has 0 saturated carbocycles. The van der Waals surface area contributed by atoms with Crippen LogP contribution >= 0.6 is 11.8 Å². The fourth-order valence-corrected chi connectivity index (χ4v) is 2.89. The van der Waals surface area contributed by atoms with Gasteiger partial charge < -0.3 is 9.47 Å². The molecule has 0 aliphatic heterocycles. The van der Waals surface area contributed by atoms with E-state index in [1.807, 2.05) is 30.5 Å². The lowest BCUT2D eigenvalue weighted by Gasteiger charge is -2.10. The first kappa shape index (κ1) is 15.2. The molecule has 0 radical (unpaired) electrons. The van der Waals surface area contributed by atoms with E-state index >= 15 is 0 Å². The number of rotatable bonds is 4. The molecule has 2 heterocycles. The first-order valence-corrected chi connectivity index (χ1v) is 8.00. The van der Waals surface area contributed by atoms with Crippen molar-refractivity contribution in [3.63, 3.8) is 0 Å². The summed E-state index contributed by atoms with van der Waals surface area (Å²) in [5.74, 6) is 1.29. The minimum atomic E-state index is 0.486. The standard InChI is InChI=1S/C16H14N4O2S/c1-21-13-5-4-10(8-14(13)22-2)12-6-7-18-15-11(9-17)16(23-3)19-20(12)15/h4-8H,1-3H3. The highest BCUT2D eigenvalue weighted by Gasteiger charge is 2.16. The molecule has 0 atom stereocenters. The van der Waals surface area contributed by atoms with E-state index < -0.39 is 0 Å². The third kappa shape index (κ3) is 2.47. The van der Waals surface area contributed by atoms with Crippen molar-refractivity contribution in [2.24, 2.45) is 0 Å². The number of benzene rings is 1. The summed E-state index contributed by atoms with van der Waals surface area (Å²) in [5.41, 5.74) is 2.76. The van der Waals surface area contributed by atoms with Crippen LogP contribution in [0.3, 0.4) is 0 Å². The Hall–Kier alpha value is -2.72. The normalized spacial score (nSPS) is 10.5. The quantitative estimate of drug-likeness (QED) is 0.686. The smallest absolute Gasteiger partial charge is 0.174 e. The molecule has 0 bridgehead atoms. The fourth-order valence-electron chi connectivity index (χ4n) is 2.38. The van der Waals surface area contributed by atoms with E-state index in [0.29, 0.717) is 27.7 Å². The Morgan fingerprint density at radius 1 is 1.17 bits per heavy atom. The maximum Gasteiger partial charge on any atom is 0.174 e. The molecule has 0 aliphatic carbocycles. The summed E-state index contributed by atoms with van der Waals surface area (Å²) in [6.07, 6.45) is 3.56. The molecule has 2 aromatic heterocycles. The average Bonchev–Trinajstić information content (AvgIpc) is 2.98. The number of nitriles is 1. The van der Waals surface area contributed by atoms with Gasteiger partial charge in [0.25, 0.3) is 0 Å². The Balaban J connectivity index is 2.25. The van der Waals surface area contributed by atoms with E-state index in [1.54, 1.807) is 24.9 Å². The van der Waals surface area contributed by atoms with Gasteiger partial charge in [0.05, 0.1) is 19.9 Å². The van der Waals surface area contributed by atoms with Gasteiger partial charge in [-0.15, -0.1) is 11.8 Å². The Morgan fingerprint density at radius 3 is 2.61 bits per heavy atom. The number of fused-ring (bicyclic) bond motifs is 1. The van der Waals surface area contributed by atoms with Crippen molar-refractivity contribution in [3.8, 4) is 28.8 Å². The summed E-state index contributed by atoms with van der Waals surface area (Å²) in [6.45, 7) is 0. The summed E-state index contributed by atoms with van der Waals surface area (Å²) in [6, 6.07) is 9.66. The van der Waals surface area contributed by atoms with Crippen molar-refractivity contribution < 1.29 is 9.47 Å². The molecule has 0 unspecified atom stereocenters. The molecule has 116 valence electrons. The molecular formula is C16H14N4O2S. The molecule has 6 nitrogen and oxygen atoms in total. The molecule has 0 fully saturated rings. The third-order valence-electron chi connectivity index (χ3n) is 3.47. The number of aromatic nitrogens is 3. The summed E-state index contributed by atoms with van der Waals surface area (Å²) in [5, 5.41) is 14.5. The van der Waals surface area contributed by atoms with Gasteiger partial charge in [-0.25, -0.2) is 9.50 Å². The average molecular weight is 326 g/mol. The second kappa shape index (κ2) is 6.18. The Labute approximate surface area is 137 Å². The van der Waals surface area contributed by atoms with Crippen LogP contribution in [0.5, 0.6) is 11.5 Å². The lowest BCUT2D eigenvalue weighted by molar-refractivity contribution is 0.355. The van der Waals surface area contributed by atoms with Crippen LogP contribution < -0.4 is 9.47 Å². The van der Waals surface area contributed by atoms with Crippen molar-refractivity contribution >= 4 is 17.4 Å². The highest BCUT2D eigenvalue weighted by atomic mass is 32.2. The molecular weight excluding hydrogens is 312 g/mol. The summed E-state index contributed by atoms with van der Waals surface area (Å²) in [4.78, 5) is 4.29. The van der Waals surface area contributed by atoms with E-state index in [-0.39, 0.29) is 0 Å². The van der Waals surface area contributed by atoms with Gasteiger partial charge in [0.2, 0.25) is 0 Å². The number of hydrogen-bond acceptors (Lipinski definition) is 6. The van der Waals surface area contributed by atoms with Gasteiger partial charge in [-0.2, -0.15) is 10.4 Å². The Morgan fingerprint density at radius 2 is 1.96 bits per heavy atom. The van der Waals surface area contributed by atoms with Crippen LogP contribution in [-0.2, 0) is 0 Å². The number of nitrogens with zero attached hydrogens (tertiary/aromatic N) is 4. The van der Waals surface area contributed by atoms with Gasteiger partial charge in [-0.05, 0) is 30.5 Å². The van der Waals surface area contributed by atoms with Crippen LogP contribution in [0.1, 0.15) is 5.56 Å². The molecule has 0 amide bonds. The molecule has 0 N–H and O–H groups in total. The predicted molar refractivity (Wildman–Crippen MR) is 88.0 cm³/mol. The monoisotopic (exact) mass is 326 g/mol. The first-order valence-electron chi connectivity index (χ1n) is 6.77. The summed E-state index contributed by atoms with van der Waals surface area (Å²) >= 11 is 1.42. The van der Waals surface area contributed by atoms with E-state index in [0.717, 1.165) is 11.3 Å². The topological polar surface area (TPSA) is 72.4 Å². The zero-order chi connectivity index (χ0) is 16.4. The second-order valence-electron chi connectivity index (χ2n) is 4.63. The summed E-state index contributed by atoms with van der Waals surface area (Å²) in [7, 11) is 3.19. The fraction of sp³-hybridized carbons (Fsp3) is 0.188. The van der Waals surface area contributed by atoms with Crippen molar-refractivity contribution in [1.29, 1.82) is 5.26 Å². The van der Waals surface area contributed by atoms with E-state index in [1.165, 1.54) is 11.8 Å². The number of ether oxygens (including phenoxy) is 2. The van der Waals surface area contributed by atoms with Crippen molar-refractivity contribution in [2.75, 3.05) is 20.5 Å². The van der Waals surface area contributed by atoms with Crippen LogP contribution in [-0.4, -0.2) is 35.1 Å². The Bertz CT molecular complexity index is 914. The van der Waals surface area contributed by atoms with Crippen molar-refractivity contribution in [1.82, 2.24) is 14.6 Å². The van der Waals surface area contributed by atoms with Gasteiger partial charge in [-0.1, -0.05) is 0 Å². The molecule has 0 spiro atoms. The summed E-state index contributed by atoms with van der Waals surface area (Å²) < 4.78 is 12.3. The number of thioether (sulfide) groups is 1. The lowest BCUT2D eigenvalue weighted by atomic mass is 10.1. The van der Waals surface area contributed by atoms with Crippen LogP contribution in [0.15, 0.2) is 35.5 Å². The lowest BCUT2D eigenvalue weighted by Crippen LogP contribution is -1.97. The molecule has 1 aromatic carbocycles. The SMILES string of the molecule is COc1ccc(-c2ccnc3c(C#N)c(SC)nn23)cc1OC. The molecule has 3 rings (SSSR count). The van der Waals surface area contributed by atoms with E-state index in [4.69, 9.17) is 9.47 Å². The van der Waals surface area contributed by atoms with Crippen LogP contribution in [0, 0.1) is 11.3 Å². The molecule has 3 aromatic rings. The zero-order valence-corrected chi connectivity index (χ0v) is 13.7. The minimum Gasteiger partial charge on any atom is -0.493 e. The highest BCUT2D eigenvalue weighted by molar-refractivity contribution is 7.98. The minimum absolute atomic E-state index is 0.486. The number of methoxy groups -OCH3 is 2. The largest absolute Gasteiger partial charge is 0.493 e. The molecule has 23 heavy (non-hydrogen) atoms. The highest BCUT2D eigenvalue weighted by Crippen LogP contribution is 2.33. The van der Waals surface area contributed by atoms with E-state index in [9.17, 15) is 5.26 Å². The zero-order valence-electron chi connectivity index (χ0n) is 12.9. The van der Waals surface area contributed by atoms with Crippen molar-refractivity contribution in [2.45, 2.75) is 5.03 Å².